The second-order valence-corrected chi connectivity index (χ2v) is 25.5. The number of amides is 3. The molecule has 0 radical (unpaired) electrons. The van der Waals surface area contributed by atoms with E-state index >= 15 is 0 Å². The molecule has 0 spiro atoms. The summed E-state index contributed by atoms with van der Waals surface area (Å²) in [5.74, 6) is 3.35. The number of aromatic amines is 3. The van der Waals surface area contributed by atoms with Gasteiger partial charge < -0.3 is 69.9 Å². The molecule has 7 N–H and O–H groups in total. The van der Waals surface area contributed by atoms with Crippen molar-refractivity contribution in [2.24, 2.45) is 0 Å². The highest BCUT2D eigenvalue weighted by Crippen LogP contribution is 2.31. The number of fused-ring (bicyclic) bond motifs is 3. The Labute approximate surface area is 593 Å². The van der Waals surface area contributed by atoms with Gasteiger partial charge in [0.1, 0.15) is 46.5 Å². The molecule has 2 atom stereocenters. The van der Waals surface area contributed by atoms with Crippen molar-refractivity contribution in [1.82, 2.24) is 79.8 Å². The monoisotopic (exact) mass is 1380 g/mol. The number of ether oxygens (including phenoxy) is 4. The first-order chi connectivity index (χ1) is 49.9. The molecule has 9 aromatic heterocycles. The second kappa shape index (κ2) is 31.3. The molecular weight excluding hydrogens is 1310 g/mol. The van der Waals surface area contributed by atoms with Crippen LogP contribution in [0.2, 0.25) is 0 Å². The number of piperidine rings is 1. The summed E-state index contributed by atoms with van der Waals surface area (Å²) in [7, 11) is 10.4. The van der Waals surface area contributed by atoms with E-state index in [9.17, 15) is 19.2 Å². The van der Waals surface area contributed by atoms with Crippen LogP contribution in [0.4, 0.5) is 34.9 Å². The normalized spacial score (nSPS) is 15.0. The van der Waals surface area contributed by atoms with E-state index in [1.54, 1.807) is 107 Å². The average molecular weight is 1380 g/mol. The van der Waals surface area contributed by atoms with Crippen LogP contribution in [-0.2, 0) is 9.53 Å². The van der Waals surface area contributed by atoms with Crippen LogP contribution in [0, 0.1) is 0 Å². The smallest absolute Gasteiger partial charge is 0.269 e. The van der Waals surface area contributed by atoms with Gasteiger partial charge in [0.25, 0.3) is 17.7 Å². The lowest BCUT2D eigenvalue weighted by molar-refractivity contribution is -0.123. The highest BCUT2D eigenvalue weighted by molar-refractivity contribution is 6.00. The zero-order chi connectivity index (χ0) is 71.5. The van der Waals surface area contributed by atoms with Gasteiger partial charge in [0.2, 0.25) is 17.8 Å². The molecule has 0 unspecified atom stereocenters. The lowest BCUT2D eigenvalue weighted by Gasteiger charge is -2.26. The molecule has 27 nitrogen and oxygen atoms in total. The van der Waals surface area contributed by atoms with E-state index in [1.165, 1.54) is 4.90 Å². The number of carbonyl (C=O) groups is 4. The number of hydrogen-bond acceptors (Lipinski definition) is 21. The van der Waals surface area contributed by atoms with E-state index in [-0.39, 0.29) is 41.8 Å². The average Bonchev–Trinajstić information content (AvgIpc) is 1.75. The number of nitrogens with one attached hydrogen (secondary N) is 7. The van der Waals surface area contributed by atoms with Gasteiger partial charge in [0, 0.05) is 172 Å². The number of pyridine rings is 3. The molecule has 0 bridgehead atoms. The molecule has 3 aliphatic rings. The Bertz CT molecular complexity index is 5070. The fourth-order valence-electron chi connectivity index (χ4n) is 11.8. The first kappa shape index (κ1) is 68.9. The second-order valence-electron chi connectivity index (χ2n) is 25.5. The maximum absolute atomic E-state index is 12.2. The lowest BCUT2D eigenvalue weighted by atomic mass is 10.1. The molecular formula is C76H77N19O8. The van der Waals surface area contributed by atoms with Crippen molar-refractivity contribution >= 4 is 91.1 Å². The van der Waals surface area contributed by atoms with Crippen LogP contribution in [0.1, 0.15) is 76.4 Å². The molecule has 524 valence electrons. The zero-order valence-corrected chi connectivity index (χ0v) is 57.7. The van der Waals surface area contributed by atoms with Gasteiger partial charge >= 0.3 is 0 Å². The fourth-order valence-corrected chi connectivity index (χ4v) is 11.8. The maximum Gasteiger partial charge on any atom is 0.269 e. The molecule has 12 aromatic rings. The van der Waals surface area contributed by atoms with E-state index in [1.807, 2.05) is 109 Å². The minimum Gasteiger partial charge on any atom is -0.490 e. The summed E-state index contributed by atoms with van der Waals surface area (Å²) in [5, 5.41) is 15.7. The fraction of sp³-hybridized carbons (Fsp3) is 0.250. The Morgan fingerprint density at radius 1 is 0.447 bits per heavy atom. The van der Waals surface area contributed by atoms with Crippen LogP contribution in [0.25, 0.3) is 66.9 Å². The third-order valence-corrected chi connectivity index (χ3v) is 17.1. The Morgan fingerprint density at radius 2 is 0.835 bits per heavy atom. The molecule has 1 aliphatic carbocycles. The van der Waals surface area contributed by atoms with Crippen molar-refractivity contribution in [3.05, 3.63) is 194 Å². The van der Waals surface area contributed by atoms with Gasteiger partial charge in [0.05, 0.1) is 53.9 Å². The topological polar surface area (TPSA) is 326 Å². The van der Waals surface area contributed by atoms with E-state index in [2.05, 4.69) is 87.7 Å². The standard InChI is InChI=1S/C26H27N7O2.C25H26N6O3.C25H24N6O3/c1-16-4-6-20(15-29-16)35-19-8-10-27-23(14-19)22-9-11-28-26(32-22)30-18-5-7-21-17(12-18)13-24(31-21)25(34)33(2)3;1-31(2)24(32)23-14-16-13-17(3-4-20(16)29-23)28-25-27-10-6-21(30-25)22-15-19(5-9-26-22)34-18-7-11-33-12-8-18;1-31(2)24(33)21-13-15-12-16(6-7-18(15)29-21)28-25-27-11-9-19(30-25)20-14-17(8-10-26-20)34-23-5-3-4-22(23)32/h5,7-14,20,29,31H,1,4,6,15H2,2-3H3,(H,28,30,32);3-6,9-10,13-15,18,29H,7-8,11-12H2,1-2H3,(H,27,28,30);6-14,23,29H,3-5H2,1-2H3,(H,27,28,30)/t20-;;23-/m0.0/s1. The van der Waals surface area contributed by atoms with Gasteiger partial charge in [-0.2, -0.15) is 0 Å². The first-order valence-electron chi connectivity index (χ1n) is 33.7. The Hall–Kier alpha value is -12.7. The third kappa shape index (κ3) is 17.3. The van der Waals surface area contributed by atoms with Crippen molar-refractivity contribution in [2.75, 3.05) is 78.0 Å². The Morgan fingerprint density at radius 3 is 1.20 bits per heavy atom. The number of anilines is 6. The van der Waals surface area contributed by atoms with Crippen LogP contribution in [0.3, 0.4) is 0 Å². The van der Waals surface area contributed by atoms with Gasteiger partial charge in [-0.25, -0.2) is 29.9 Å². The number of aromatic nitrogens is 12. The molecule has 103 heavy (non-hydrogen) atoms. The van der Waals surface area contributed by atoms with Crippen LogP contribution >= 0.6 is 0 Å². The Balaban J connectivity index is 0.000000138. The van der Waals surface area contributed by atoms with E-state index < -0.39 is 0 Å². The van der Waals surface area contributed by atoms with E-state index in [0.29, 0.717) is 81.3 Å². The summed E-state index contributed by atoms with van der Waals surface area (Å²) in [6.45, 7) is 6.16. The summed E-state index contributed by atoms with van der Waals surface area (Å²) in [6, 6.07) is 39.3. The molecule has 3 fully saturated rings. The number of allylic oxidation sites excluding steroid dienone is 1. The predicted molar refractivity (Wildman–Crippen MR) is 393 cm³/mol. The van der Waals surface area contributed by atoms with Gasteiger partial charge in [-0.05, 0) is 135 Å². The van der Waals surface area contributed by atoms with Crippen molar-refractivity contribution < 1.29 is 38.1 Å². The molecule has 27 heteroatoms. The molecule has 15 rings (SSSR count). The number of rotatable bonds is 18. The largest absolute Gasteiger partial charge is 0.490 e. The van der Waals surface area contributed by atoms with Crippen LogP contribution in [0.15, 0.2) is 177 Å². The number of benzene rings is 3. The van der Waals surface area contributed by atoms with Crippen molar-refractivity contribution in [1.29, 1.82) is 0 Å². The van der Waals surface area contributed by atoms with Gasteiger partial charge in [-0.3, -0.25) is 34.1 Å². The summed E-state index contributed by atoms with van der Waals surface area (Å²) >= 11 is 0. The van der Waals surface area contributed by atoms with Gasteiger partial charge in [-0.15, -0.1) is 0 Å². The van der Waals surface area contributed by atoms with Gasteiger partial charge in [-0.1, -0.05) is 6.58 Å². The number of carbonyl (C=O) groups excluding carboxylic acids is 4. The first-order valence-corrected chi connectivity index (χ1v) is 33.7. The molecule has 1 saturated carbocycles. The zero-order valence-electron chi connectivity index (χ0n) is 57.7. The number of nitrogens with zero attached hydrogens (tertiary/aromatic N) is 12. The molecule has 11 heterocycles. The van der Waals surface area contributed by atoms with Crippen LogP contribution in [-0.4, -0.2) is 178 Å². The lowest BCUT2D eigenvalue weighted by Crippen LogP contribution is -2.35. The Kier molecular flexibility index (Phi) is 20.9. The highest BCUT2D eigenvalue weighted by Gasteiger charge is 2.27. The number of hydrogen-bond donors (Lipinski definition) is 7. The molecule has 2 saturated heterocycles. The summed E-state index contributed by atoms with van der Waals surface area (Å²) in [5.41, 5.74) is 11.8. The van der Waals surface area contributed by atoms with E-state index in [0.717, 1.165) is 125 Å². The SMILES string of the molecule is C=C1CC[C@H](Oc2ccnc(-c3ccnc(Nc4ccc5[nH]c(C(=O)N(C)C)cc5c4)n3)c2)CN1.CN(C)C(=O)c1cc2cc(Nc3nccc(-c4cc(OC5CCOCC5)ccn4)n3)ccc2[nH]1.CN(C)C(=O)c1cc2cc(Nc3nccc(-c4cc(O[C@H]5CCCC5=O)ccn4)n3)ccc2[nH]1. The predicted octanol–water partition coefficient (Wildman–Crippen LogP) is 12.1. The summed E-state index contributed by atoms with van der Waals surface area (Å²) < 4.78 is 23.5. The number of Topliss-reactive ketones (excluding diaryl/α,β-unsaturated/α-hetero) is 1. The van der Waals surface area contributed by atoms with Crippen LogP contribution < -0.4 is 35.5 Å². The summed E-state index contributed by atoms with van der Waals surface area (Å²) in [4.78, 5) is 103. The van der Waals surface area contributed by atoms with E-state index in [4.69, 9.17) is 18.9 Å². The van der Waals surface area contributed by atoms with Gasteiger partial charge in [0.15, 0.2) is 11.9 Å². The maximum atomic E-state index is 12.2. The summed E-state index contributed by atoms with van der Waals surface area (Å²) in [6.07, 6.45) is 15.8. The number of ketones is 1. The van der Waals surface area contributed by atoms with Crippen LogP contribution in [0.5, 0.6) is 17.2 Å². The highest BCUT2D eigenvalue weighted by atomic mass is 16.5. The molecule has 2 aliphatic heterocycles. The molecule has 3 amide bonds. The number of H-pyrrole nitrogens is 3. The van der Waals surface area contributed by atoms with Crippen molar-refractivity contribution in [3.8, 4) is 51.4 Å². The quantitative estimate of drug-likeness (QED) is 0.0420. The van der Waals surface area contributed by atoms with Crippen molar-refractivity contribution in [2.45, 2.75) is 63.3 Å². The van der Waals surface area contributed by atoms with Crippen molar-refractivity contribution in [3.63, 3.8) is 0 Å². The molecule has 3 aromatic carbocycles. The minimum atomic E-state index is -0.380. The minimum absolute atomic E-state index is 0.0720. The third-order valence-electron chi connectivity index (χ3n) is 17.1.